The van der Waals surface area contributed by atoms with Crippen LogP contribution in [0.5, 0.6) is 0 Å². The van der Waals surface area contributed by atoms with Crippen molar-refractivity contribution in [2.24, 2.45) is 11.7 Å². The molecule has 1 fully saturated rings. The first kappa shape index (κ1) is 18.6. The van der Waals surface area contributed by atoms with Gasteiger partial charge in [-0.15, -0.1) is 0 Å². The summed E-state index contributed by atoms with van der Waals surface area (Å²) in [6.45, 7) is 6.66. The smallest absolute Gasteiger partial charge is 0.223 e. The fourth-order valence-corrected chi connectivity index (χ4v) is 2.71. The normalized spacial score (nSPS) is 23.7. The van der Waals surface area contributed by atoms with Crippen LogP contribution in [-0.4, -0.2) is 47.7 Å². The Morgan fingerprint density at radius 1 is 1.41 bits per heavy atom. The molecular formula is C16H29N3O3. The number of hydrogen-bond donors (Lipinski definition) is 2. The summed E-state index contributed by atoms with van der Waals surface area (Å²) in [5, 5.41) is 3.18. The van der Waals surface area contributed by atoms with Gasteiger partial charge in [0.1, 0.15) is 0 Å². The number of carbonyl (C=O) groups excluding carboxylic acids is 3. The van der Waals surface area contributed by atoms with Crippen LogP contribution in [-0.2, 0) is 14.4 Å². The molecule has 126 valence electrons. The molecule has 0 aliphatic carbocycles. The molecule has 0 spiro atoms. The number of carbonyl (C=O) groups is 3. The summed E-state index contributed by atoms with van der Waals surface area (Å²) in [5.41, 5.74) is 5.23. The Balaban J connectivity index is 2.71. The molecule has 0 aromatic rings. The maximum Gasteiger partial charge on any atom is 0.223 e. The lowest BCUT2D eigenvalue weighted by molar-refractivity contribution is -0.139. The number of ketones is 1. The minimum absolute atomic E-state index is 0.0529. The van der Waals surface area contributed by atoms with E-state index in [4.69, 9.17) is 5.73 Å². The minimum Gasteiger partial charge on any atom is -0.369 e. The zero-order chi connectivity index (χ0) is 16.7. The molecule has 0 aromatic heterocycles. The van der Waals surface area contributed by atoms with Gasteiger partial charge < -0.3 is 16.0 Å². The Morgan fingerprint density at radius 3 is 2.68 bits per heavy atom. The molecule has 1 heterocycles. The summed E-state index contributed by atoms with van der Waals surface area (Å²) >= 11 is 0. The highest BCUT2D eigenvalue weighted by atomic mass is 16.2. The van der Waals surface area contributed by atoms with Crippen LogP contribution in [0.15, 0.2) is 0 Å². The van der Waals surface area contributed by atoms with E-state index in [9.17, 15) is 14.4 Å². The van der Waals surface area contributed by atoms with Gasteiger partial charge >= 0.3 is 0 Å². The van der Waals surface area contributed by atoms with Gasteiger partial charge in [-0.25, -0.2) is 0 Å². The van der Waals surface area contributed by atoms with E-state index < -0.39 is 5.91 Å². The van der Waals surface area contributed by atoms with Crippen LogP contribution >= 0.6 is 0 Å². The van der Waals surface area contributed by atoms with Crippen molar-refractivity contribution in [3.63, 3.8) is 0 Å². The zero-order valence-corrected chi connectivity index (χ0v) is 13.9. The third-order valence-corrected chi connectivity index (χ3v) is 4.31. The van der Waals surface area contributed by atoms with Crippen LogP contribution in [0.4, 0.5) is 0 Å². The molecule has 0 bridgehead atoms. The summed E-state index contributed by atoms with van der Waals surface area (Å²) in [6, 6.07) is -0.0452. The maximum atomic E-state index is 12.5. The number of amides is 2. The number of nitrogens with one attached hydrogen (secondary N) is 1. The molecule has 0 unspecified atom stereocenters. The van der Waals surface area contributed by atoms with Crippen molar-refractivity contribution >= 4 is 17.6 Å². The van der Waals surface area contributed by atoms with Gasteiger partial charge in [0.2, 0.25) is 11.8 Å². The second-order valence-corrected chi connectivity index (χ2v) is 6.27. The minimum atomic E-state index is -0.390. The molecule has 2 amide bonds. The third kappa shape index (κ3) is 5.40. The predicted octanol–water partition coefficient (Wildman–Crippen LogP) is 0.836. The van der Waals surface area contributed by atoms with Crippen LogP contribution in [0.3, 0.4) is 0 Å². The quantitative estimate of drug-likeness (QED) is 0.728. The van der Waals surface area contributed by atoms with Crippen molar-refractivity contribution < 1.29 is 14.4 Å². The third-order valence-electron chi connectivity index (χ3n) is 4.31. The Bertz CT molecular complexity index is 411. The molecule has 22 heavy (non-hydrogen) atoms. The number of Topliss-reactive ketones (excluding diaryl/α,β-unsaturated/α-hetero) is 1. The van der Waals surface area contributed by atoms with Crippen molar-refractivity contribution in [2.75, 3.05) is 13.1 Å². The fourth-order valence-electron chi connectivity index (χ4n) is 2.71. The highest BCUT2D eigenvalue weighted by Gasteiger charge is 2.31. The summed E-state index contributed by atoms with van der Waals surface area (Å²) < 4.78 is 0. The average Bonchev–Trinajstić information content (AvgIpc) is 2.64. The first-order valence-corrected chi connectivity index (χ1v) is 8.21. The lowest BCUT2D eigenvalue weighted by Gasteiger charge is -2.30. The van der Waals surface area contributed by atoms with Gasteiger partial charge in [0.25, 0.3) is 0 Å². The predicted molar refractivity (Wildman–Crippen MR) is 85.1 cm³/mol. The van der Waals surface area contributed by atoms with Crippen LogP contribution in [0.2, 0.25) is 0 Å². The van der Waals surface area contributed by atoms with E-state index in [-0.39, 0.29) is 30.1 Å². The highest BCUT2D eigenvalue weighted by Crippen LogP contribution is 2.17. The van der Waals surface area contributed by atoms with Gasteiger partial charge in [0.15, 0.2) is 5.78 Å². The van der Waals surface area contributed by atoms with Gasteiger partial charge in [0, 0.05) is 24.9 Å². The van der Waals surface area contributed by atoms with Crippen LogP contribution in [0.1, 0.15) is 52.9 Å². The lowest BCUT2D eigenvalue weighted by Crippen LogP contribution is -2.47. The average molecular weight is 311 g/mol. The van der Waals surface area contributed by atoms with E-state index >= 15 is 0 Å². The molecular weight excluding hydrogens is 282 g/mol. The molecule has 1 saturated heterocycles. The van der Waals surface area contributed by atoms with Crippen LogP contribution in [0, 0.1) is 5.92 Å². The van der Waals surface area contributed by atoms with Crippen LogP contribution in [0.25, 0.3) is 0 Å². The van der Waals surface area contributed by atoms with Crippen LogP contribution < -0.4 is 11.1 Å². The van der Waals surface area contributed by atoms with E-state index in [0.29, 0.717) is 32.0 Å². The van der Waals surface area contributed by atoms with E-state index in [2.05, 4.69) is 12.2 Å². The monoisotopic (exact) mass is 311 g/mol. The summed E-state index contributed by atoms with van der Waals surface area (Å²) in [4.78, 5) is 37.6. The fraction of sp³-hybridized carbons (Fsp3) is 0.812. The summed E-state index contributed by atoms with van der Waals surface area (Å²) in [6.07, 6.45) is 3.08. The molecule has 0 saturated carbocycles. The van der Waals surface area contributed by atoms with Crippen molar-refractivity contribution in [3.8, 4) is 0 Å². The van der Waals surface area contributed by atoms with Crippen molar-refractivity contribution in [2.45, 2.75) is 65.0 Å². The Hall–Kier alpha value is -1.43. The Morgan fingerprint density at radius 2 is 2.09 bits per heavy atom. The number of primary amides is 1. The second kappa shape index (κ2) is 8.88. The molecule has 0 aromatic carbocycles. The van der Waals surface area contributed by atoms with Gasteiger partial charge in [-0.05, 0) is 32.6 Å². The molecule has 1 rings (SSSR count). The number of hydrogen-bond acceptors (Lipinski definition) is 4. The number of nitrogens with zero attached hydrogens (tertiary/aromatic N) is 1. The van der Waals surface area contributed by atoms with Crippen molar-refractivity contribution in [1.82, 2.24) is 10.2 Å². The summed E-state index contributed by atoms with van der Waals surface area (Å²) in [7, 11) is 0. The first-order chi connectivity index (χ1) is 10.4. The van der Waals surface area contributed by atoms with Crippen molar-refractivity contribution in [3.05, 3.63) is 0 Å². The number of rotatable bonds is 7. The molecule has 0 radical (unpaired) electrons. The SMILES string of the molecule is CCCN(C(=O)CC[C@H](C)C(N)=O)[C@H]1CC[C@@H](C)NCC1=O. The summed E-state index contributed by atoms with van der Waals surface area (Å²) in [5.74, 6) is -0.686. The molecule has 6 nitrogen and oxygen atoms in total. The molecule has 1 aliphatic heterocycles. The topological polar surface area (TPSA) is 92.5 Å². The number of nitrogens with two attached hydrogens (primary N) is 1. The highest BCUT2D eigenvalue weighted by molar-refractivity contribution is 5.90. The van der Waals surface area contributed by atoms with Gasteiger partial charge in [0.05, 0.1) is 12.6 Å². The largest absolute Gasteiger partial charge is 0.369 e. The van der Waals surface area contributed by atoms with E-state index in [1.807, 2.05) is 6.92 Å². The maximum absolute atomic E-state index is 12.5. The van der Waals surface area contributed by atoms with Gasteiger partial charge in [-0.3, -0.25) is 14.4 Å². The lowest BCUT2D eigenvalue weighted by atomic mass is 10.0. The Kier molecular flexibility index (Phi) is 7.51. The van der Waals surface area contributed by atoms with E-state index in [1.54, 1.807) is 11.8 Å². The molecule has 3 atom stereocenters. The van der Waals surface area contributed by atoms with E-state index in [0.717, 1.165) is 12.8 Å². The molecule has 6 heteroatoms. The van der Waals surface area contributed by atoms with E-state index in [1.165, 1.54) is 0 Å². The zero-order valence-electron chi connectivity index (χ0n) is 13.9. The molecule has 3 N–H and O–H groups in total. The van der Waals surface area contributed by atoms with Crippen molar-refractivity contribution in [1.29, 1.82) is 0 Å². The van der Waals surface area contributed by atoms with Gasteiger partial charge in [-0.1, -0.05) is 13.8 Å². The second-order valence-electron chi connectivity index (χ2n) is 6.27. The van der Waals surface area contributed by atoms with Gasteiger partial charge in [-0.2, -0.15) is 0 Å². The molecule has 1 aliphatic rings. The Labute approximate surface area is 132 Å². The standard InChI is InChI=1S/C16H29N3O3/c1-4-9-19(15(21)8-5-11(2)16(17)22)13-7-6-12(3)18-10-14(13)20/h11-13,18H,4-10H2,1-3H3,(H2,17,22)/t11-,12+,13-/m0/s1. The first-order valence-electron chi connectivity index (χ1n) is 8.21.